The topological polar surface area (TPSA) is 40.8 Å². The minimum absolute atomic E-state index is 0.654. The Morgan fingerprint density at radius 3 is 2.72 bits per heavy atom. The summed E-state index contributed by atoms with van der Waals surface area (Å²) in [6.07, 6.45) is 5.74. The molecule has 0 amide bonds. The molecule has 3 nitrogen and oxygen atoms in total. The molecular formula is C15H21N3. The summed E-state index contributed by atoms with van der Waals surface area (Å²) in [5, 5.41) is 12.6. The summed E-state index contributed by atoms with van der Waals surface area (Å²) in [5.41, 5.74) is 3.88. The van der Waals surface area contributed by atoms with Crippen LogP contribution in [0.4, 0.5) is 0 Å². The highest BCUT2D eigenvalue weighted by Crippen LogP contribution is 2.60. The maximum absolute atomic E-state index is 9.01. The first kappa shape index (κ1) is 11.8. The largest absolute Gasteiger partial charge is 0.340 e. The van der Waals surface area contributed by atoms with Crippen LogP contribution in [-0.2, 0) is 13.6 Å². The van der Waals surface area contributed by atoms with Crippen LogP contribution in [0.15, 0.2) is 6.07 Å². The predicted molar refractivity (Wildman–Crippen MR) is 71.0 cm³/mol. The van der Waals surface area contributed by atoms with E-state index < -0.39 is 0 Å². The summed E-state index contributed by atoms with van der Waals surface area (Å²) in [4.78, 5) is 0. The molecule has 0 unspecified atom stereocenters. The van der Waals surface area contributed by atoms with E-state index in [2.05, 4.69) is 18.3 Å². The van der Waals surface area contributed by atoms with Crippen molar-refractivity contribution in [2.24, 2.45) is 18.4 Å². The Morgan fingerprint density at radius 1 is 1.50 bits per heavy atom. The van der Waals surface area contributed by atoms with Crippen LogP contribution in [-0.4, -0.2) is 11.1 Å². The van der Waals surface area contributed by atoms with E-state index in [1.165, 1.54) is 36.9 Å². The Kier molecular flexibility index (Phi) is 2.71. The van der Waals surface area contributed by atoms with Crippen molar-refractivity contribution in [2.45, 2.75) is 39.2 Å². The Labute approximate surface area is 109 Å². The van der Waals surface area contributed by atoms with Crippen molar-refractivity contribution < 1.29 is 0 Å². The van der Waals surface area contributed by atoms with E-state index in [-0.39, 0.29) is 0 Å². The van der Waals surface area contributed by atoms with Gasteiger partial charge in [-0.1, -0.05) is 0 Å². The first-order chi connectivity index (χ1) is 8.66. The van der Waals surface area contributed by atoms with Crippen molar-refractivity contribution in [3.8, 4) is 6.07 Å². The number of hydrogen-bond acceptors (Lipinski definition) is 2. The summed E-state index contributed by atoms with van der Waals surface area (Å²) < 4.78 is 1.98. The number of rotatable bonds is 5. The Morgan fingerprint density at radius 2 is 2.22 bits per heavy atom. The van der Waals surface area contributed by atoms with Crippen molar-refractivity contribution in [1.29, 1.82) is 5.26 Å². The van der Waals surface area contributed by atoms with E-state index in [0.29, 0.717) is 5.41 Å². The number of nitrogens with zero attached hydrogens (tertiary/aromatic N) is 2. The van der Waals surface area contributed by atoms with Crippen LogP contribution in [0.2, 0.25) is 0 Å². The molecular weight excluding hydrogens is 222 g/mol. The number of hydrogen-bond donors (Lipinski definition) is 1. The number of nitrogens with one attached hydrogen (secondary N) is 1. The highest BCUT2D eigenvalue weighted by atomic mass is 15.0. The fourth-order valence-electron chi connectivity index (χ4n) is 3.08. The molecule has 2 aliphatic rings. The SMILES string of the molecule is Cc1c(CNCC2(C3CC3)CC2)cc(C#N)n1C. The molecule has 3 heteroatoms. The van der Waals surface area contributed by atoms with E-state index in [1.807, 2.05) is 17.7 Å². The van der Waals surface area contributed by atoms with Crippen LogP contribution in [0.5, 0.6) is 0 Å². The lowest BCUT2D eigenvalue weighted by Crippen LogP contribution is -2.25. The van der Waals surface area contributed by atoms with Gasteiger partial charge in [0.25, 0.3) is 0 Å². The average Bonchev–Trinajstić information content (AvgIpc) is 3.24. The molecule has 0 radical (unpaired) electrons. The lowest BCUT2D eigenvalue weighted by molar-refractivity contribution is 0.403. The molecule has 0 atom stereocenters. The third kappa shape index (κ3) is 1.95. The summed E-state index contributed by atoms with van der Waals surface area (Å²) in [7, 11) is 1.96. The minimum atomic E-state index is 0.654. The van der Waals surface area contributed by atoms with Gasteiger partial charge in [0.1, 0.15) is 11.8 Å². The maximum atomic E-state index is 9.01. The first-order valence-corrected chi connectivity index (χ1v) is 6.92. The highest BCUT2D eigenvalue weighted by Gasteiger charge is 2.53. The van der Waals surface area contributed by atoms with Crippen LogP contribution >= 0.6 is 0 Å². The zero-order valence-electron chi connectivity index (χ0n) is 11.3. The summed E-state index contributed by atoms with van der Waals surface area (Å²) in [5.74, 6) is 1.01. The molecule has 1 aromatic rings. The van der Waals surface area contributed by atoms with Crippen molar-refractivity contribution >= 4 is 0 Å². The second kappa shape index (κ2) is 4.13. The third-order valence-electron chi connectivity index (χ3n) is 4.88. The smallest absolute Gasteiger partial charge is 0.120 e. The molecule has 1 aromatic heterocycles. The minimum Gasteiger partial charge on any atom is -0.340 e. The molecule has 0 aliphatic heterocycles. The number of nitriles is 1. The van der Waals surface area contributed by atoms with Crippen LogP contribution in [0, 0.1) is 29.6 Å². The van der Waals surface area contributed by atoms with Gasteiger partial charge in [-0.15, -0.1) is 0 Å². The molecule has 0 aromatic carbocycles. The lowest BCUT2D eigenvalue weighted by atomic mass is 10.0. The van der Waals surface area contributed by atoms with Gasteiger partial charge in [0, 0.05) is 25.8 Å². The standard InChI is InChI=1S/C15H21N3/c1-11-12(7-14(8-16)18(11)2)9-17-10-15(5-6-15)13-3-4-13/h7,13,17H,3-6,9-10H2,1-2H3. The maximum Gasteiger partial charge on any atom is 0.120 e. The molecule has 1 N–H and O–H groups in total. The van der Waals surface area contributed by atoms with E-state index in [4.69, 9.17) is 5.26 Å². The molecule has 2 aliphatic carbocycles. The Bertz CT molecular complexity index is 499. The quantitative estimate of drug-likeness (QED) is 0.863. The summed E-state index contributed by atoms with van der Waals surface area (Å²) >= 11 is 0. The predicted octanol–water partition coefficient (Wildman–Crippen LogP) is 2.49. The Hall–Kier alpha value is -1.27. The van der Waals surface area contributed by atoms with Gasteiger partial charge in [0.05, 0.1) is 0 Å². The molecule has 2 fully saturated rings. The third-order valence-corrected chi connectivity index (χ3v) is 4.88. The summed E-state index contributed by atoms with van der Waals surface area (Å²) in [6.45, 7) is 4.15. The van der Waals surface area contributed by atoms with E-state index >= 15 is 0 Å². The van der Waals surface area contributed by atoms with E-state index in [0.717, 1.165) is 24.7 Å². The van der Waals surface area contributed by atoms with Crippen molar-refractivity contribution in [1.82, 2.24) is 9.88 Å². The van der Waals surface area contributed by atoms with Crippen LogP contribution < -0.4 is 5.32 Å². The molecule has 1 heterocycles. The van der Waals surface area contributed by atoms with E-state index in [1.54, 1.807) is 0 Å². The van der Waals surface area contributed by atoms with Gasteiger partial charge in [0.15, 0.2) is 0 Å². The van der Waals surface area contributed by atoms with Gasteiger partial charge in [-0.2, -0.15) is 5.26 Å². The van der Waals surface area contributed by atoms with Gasteiger partial charge >= 0.3 is 0 Å². The molecule has 0 spiro atoms. The first-order valence-electron chi connectivity index (χ1n) is 6.92. The summed E-state index contributed by atoms with van der Waals surface area (Å²) in [6, 6.07) is 4.25. The number of aromatic nitrogens is 1. The van der Waals surface area contributed by atoms with Crippen LogP contribution in [0.25, 0.3) is 0 Å². The molecule has 2 saturated carbocycles. The second-order valence-electron chi connectivity index (χ2n) is 6.05. The van der Waals surface area contributed by atoms with Gasteiger partial charge in [-0.05, 0) is 55.6 Å². The van der Waals surface area contributed by atoms with Crippen molar-refractivity contribution in [3.63, 3.8) is 0 Å². The molecule has 0 bridgehead atoms. The second-order valence-corrected chi connectivity index (χ2v) is 6.05. The zero-order valence-corrected chi connectivity index (χ0v) is 11.3. The normalized spacial score (nSPS) is 20.7. The van der Waals surface area contributed by atoms with E-state index in [9.17, 15) is 0 Å². The zero-order chi connectivity index (χ0) is 12.8. The van der Waals surface area contributed by atoms with Gasteiger partial charge in [-0.25, -0.2) is 0 Å². The fraction of sp³-hybridized carbons (Fsp3) is 0.667. The van der Waals surface area contributed by atoms with Crippen LogP contribution in [0.3, 0.4) is 0 Å². The highest BCUT2D eigenvalue weighted by molar-refractivity contribution is 5.34. The van der Waals surface area contributed by atoms with Crippen molar-refractivity contribution in [3.05, 3.63) is 23.0 Å². The molecule has 0 saturated heterocycles. The van der Waals surface area contributed by atoms with Gasteiger partial charge < -0.3 is 9.88 Å². The van der Waals surface area contributed by atoms with Crippen molar-refractivity contribution in [2.75, 3.05) is 6.54 Å². The molecule has 96 valence electrons. The lowest BCUT2D eigenvalue weighted by Gasteiger charge is -2.14. The van der Waals surface area contributed by atoms with Crippen LogP contribution in [0.1, 0.15) is 42.6 Å². The molecule has 3 rings (SSSR count). The van der Waals surface area contributed by atoms with Gasteiger partial charge in [-0.3, -0.25) is 0 Å². The fourth-order valence-corrected chi connectivity index (χ4v) is 3.08. The van der Waals surface area contributed by atoms with Gasteiger partial charge in [0.2, 0.25) is 0 Å². The average molecular weight is 243 g/mol. The monoisotopic (exact) mass is 243 g/mol. The Balaban J connectivity index is 1.59. The molecule has 18 heavy (non-hydrogen) atoms.